The fourth-order valence-corrected chi connectivity index (χ4v) is 3.91. The Bertz CT molecular complexity index is 468. The van der Waals surface area contributed by atoms with Gasteiger partial charge in [0.2, 0.25) is 0 Å². The number of hydrogen-bond acceptors (Lipinski definition) is 3. The molecule has 2 aliphatic rings. The summed E-state index contributed by atoms with van der Waals surface area (Å²) in [5.41, 5.74) is 0. The third-order valence-electron chi connectivity index (χ3n) is 4.86. The van der Waals surface area contributed by atoms with E-state index in [0.717, 1.165) is 30.7 Å². The fourth-order valence-electron chi connectivity index (χ4n) is 3.91. The average Bonchev–Trinajstić information content (AvgIpc) is 3.14. The molecule has 4 nitrogen and oxygen atoms in total. The molecule has 2 saturated carbocycles. The second-order valence-electron chi connectivity index (χ2n) is 6.18. The highest BCUT2D eigenvalue weighted by Crippen LogP contribution is 2.49. The van der Waals surface area contributed by atoms with E-state index in [-0.39, 0.29) is 5.91 Å². The Hall–Kier alpha value is -1.29. The molecule has 4 heteroatoms. The van der Waals surface area contributed by atoms with Gasteiger partial charge in [0.15, 0.2) is 5.76 Å². The second kappa shape index (κ2) is 6.00. The lowest BCUT2D eigenvalue weighted by Gasteiger charge is -2.21. The maximum atomic E-state index is 12.0. The van der Waals surface area contributed by atoms with Crippen molar-refractivity contribution in [2.24, 2.45) is 17.8 Å². The van der Waals surface area contributed by atoms with Crippen LogP contribution in [0.15, 0.2) is 16.5 Å². The molecule has 1 amide bonds. The number of amides is 1. The van der Waals surface area contributed by atoms with Crippen molar-refractivity contribution in [3.8, 4) is 0 Å². The van der Waals surface area contributed by atoms with E-state index >= 15 is 0 Å². The molecule has 20 heavy (non-hydrogen) atoms. The first-order valence-corrected chi connectivity index (χ1v) is 7.62. The molecule has 3 atom stereocenters. The molecular formula is C16H23NO3. The van der Waals surface area contributed by atoms with Gasteiger partial charge in [0.25, 0.3) is 5.91 Å². The van der Waals surface area contributed by atoms with Crippen LogP contribution in [0.5, 0.6) is 0 Å². The summed E-state index contributed by atoms with van der Waals surface area (Å²) in [4.78, 5) is 12.0. The first-order valence-electron chi connectivity index (χ1n) is 7.62. The smallest absolute Gasteiger partial charge is 0.286 e. The molecule has 3 unspecified atom stereocenters. The quantitative estimate of drug-likeness (QED) is 0.869. The van der Waals surface area contributed by atoms with Crippen LogP contribution >= 0.6 is 0 Å². The van der Waals surface area contributed by atoms with Crippen molar-refractivity contribution >= 4 is 5.91 Å². The third kappa shape index (κ3) is 2.90. The number of nitrogens with one attached hydrogen (secondary N) is 1. The predicted molar refractivity (Wildman–Crippen MR) is 75.3 cm³/mol. The zero-order valence-corrected chi connectivity index (χ0v) is 12.1. The molecular weight excluding hydrogens is 254 g/mol. The highest BCUT2D eigenvalue weighted by molar-refractivity contribution is 5.91. The average molecular weight is 277 g/mol. The molecule has 0 saturated heterocycles. The maximum Gasteiger partial charge on any atom is 0.286 e. The number of ether oxygens (including phenoxy) is 1. The van der Waals surface area contributed by atoms with Crippen molar-refractivity contribution in [1.29, 1.82) is 0 Å². The van der Waals surface area contributed by atoms with Gasteiger partial charge in [-0.1, -0.05) is 6.42 Å². The lowest BCUT2D eigenvalue weighted by Crippen LogP contribution is -2.26. The number of hydrogen-bond donors (Lipinski definition) is 1. The van der Waals surface area contributed by atoms with E-state index in [0.29, 0.717) is 18.1 Å². The Kier molecular flexibility index (Phi) is 4.10. The summed E-state index contributed by atoms with van der Waals surface area (Å²) < 4.78 is 10.4. The van der Waals surface area contributed by atoms with Crippen LogP contribution in [0.4, 0.5) is 0 Å². The van der Waals surface area contributed by atoms with Crippen LogP contribution in [-0.2, 0) is 11.3 Å². The van der Waals surface area contributed by atoms with E-state index in [4.69, 9.17) is 9.15 Å². The molecule has 110 valence electrons. The van der Waals surface area contributed by atoms with Crippen LogP contribution in [0, 0.1) is 17.8 Å². The molecule has 2 bridgehead atoms. The van der Waals surface area contributed by atoms with Gasteiger partial charge in [0.05, 0.1) is 0 Å². The van der Waals surface area contributed by atoms with Crippen molar-refractivity contribution in [2.75, 3.05) is 13.7 Å². The standard InChI is InChI=1S/C16H23NO3/c1-19-10-14-4-5-15(20-14)16(18)17-7-6-13-9-11-2-3-12(13)8-11/h4-5,11-13H,2-3,6-10H2,1H3,(H,17,18). The van der Waals surface area contributed by atoms with Gasteiger partial charge in [-0.3, -0.25) is 4.79 Å². The monoisotopic (exact) mass is 277 g/mol. The summed E-state index contributed by atoms with van der Waals surface area (Å²) in [6.07, 6.45) is 6.75. The SMILES string of the molecule is COCc1ccc(C(=O)NCCC2CC3CCC2C3)o1. The summed E-state index contributed by atoms with van der Waals surface area (Å²) in [6.45, 7) is 1.16. The van der Waals surface area contributed by atoms with E-state index in [2.05, 4.69) is 5.32 Å². The highest BCUT2D eigenvalue weighted by atomic mass is 16.5. The molecule has 2 aliphatic carbocycles. The topological polar surface area (TPSA) is 51.5 Å². The Morgan fingerprint density at radius 1 is 1.40 bits per heavy atom. The molecule has 1 N–H and O–H groups in total. The van der Waals surface area contributed by atoms with Gasteiger partial charge in [0.1, 0.15) is 12.4 Å². The van der Waals surface area contributed by atoms with Crippen LogP contribution in [0.1, 0.15) is 48.4 Å². The normalized spacial score (nSPS) is 27.9. The largest absolute Gasteiger partial charge is 0.453 e. The number of rotatable bonds is 6. The van der Waals surface area contributed by atoms with Crippen LogP contribution in [0.2, 0.25) is 0 Å². The lowest BCUT2D eigenvalue weighted by molar-refractivity contribution is 0.0913. The number of methoxy groups -OCH3 is 1. The van der Waals surface area contributed by atoms with Gasteiger partial charge in [-0.05, 0) is 55.6 Å². The molecule has 0 radical (unpaired) electrons. The molecule has 1 aromatic rings. The Morgan fingerprint density at radius 2 is 2.30 bits per heavy atom. The molecule has 0 aromatic carbocycles. The Balaban J connectivity index is 1.42. The first kappa shape index (κ1) is 13.7. The van der Waals surface area contributed by atoms with Crippen LogP contribution in [0.25, 0.3) is 0 Å². The minimum atomic E-state index is -0.115. The maximum absolute atomic E-state index is 12.0. The zero-order chi connectivity index (χ0) is 13.9. The molecule has 0 aliphatic heterocycles. The van der Waals surface area contributed by atoms with Crippen molar-refractivity contribution in [2.45, 2.75) is 38.7 Å². The van der Waals surface area contributed by atoms with Gasteiger partial charge < -0.3 is 14.5 Å². The minimum Gasteiger partial charge on any atom is -0.453 e. The minimum absolute atomic E-state index is 0.115. The molecule has 3 rings (SSSR count). The summed E-state index contributed by atoms with van der Waals surface area (Å²) in [5.74, 6) is 3.68. The fraction of sp³-hybridized carbons (Fsp3) is 0.688. The first-order chi connectivity index (χ1) is 9.76. The van der Waals surface area contributed by atoms with Crippen molar-refractivity contribution in [3.05, 3.63) is 23.7 Å². The summed E-state index contributed by atoms with van der Waals surface area (Å²) in [6, 6.07) is 3.50. The molecule has 2 fully saturated rings. The van der Waals surface area contributed by atoms with E-state index in [9.17, 15) is 4.79 Å². The van der Waals surface area contributed by atoms with Gasteiger partial charge in [-0.2, -0.15) is 0 Å². The van der Waals surface area contributed by atoms with Crippen molar-refractivity contribution in [1.82, 2.24) is 5.32 Å². The third-order valence-corrected chi connectivity index (χ3v) is 4.86. The van der Waals surface area contributed by atoms with Crippen LogP contribution in [0.3, 0.4) is 0 Å². The summed E-state index contributed by atoms with van der Waals surface area (Å²) in [5, 5.41) is 2.97. The van der Waals surface area contributed by atoms with Gasteiger partial charge in [-0.15, -0.1) is 0 Å². The van der Waals surface area contributed by atoms with E-state index in [1.165, 1.54) is 25.7 Å². The van der Waals surface area contributed by atoms with E-state index in [1.54, 1.807) is 19.2 Å². The van der Waals surface area contributed by atoms with Crippen molar-refractivity contribution in [3.63, 3.8) is 0 Å². The molecule has 1 aromatic heterocycles. The van der Waals surface area contributed by atoms with Gasteiger partial charge >= 0.3 is 0 Å². The van der Waals surface area contributed by atoms with Crippen molar-refractivity contribution < 1.29 is 13.9 Å². The second-order valence-corrected chi connectivity index (χ2v) is 6.18. The van der Waals surface area contributed by atoms with E-state index in [1.807, 2.05) is 0 Å². The van der Waals surface area contributed by atoms with Crippen LogP contribution < -0.4 is 5.32 Å². The predicted octanol–water partition coefficient (Wildman–Crippen LogP) is 2.98. The number of carbonyl (C=O) groups excluding carboxylic acids is 1. The zero-order valence-electron chi connectivity index (χ0n) is 12.1. The van der Waals surface area contributed by atoms with E-state index < -0.39 is 0 Å². The number of carbonyl (C=O) groups is 1. The Labute approximate surface area is 119 Å². The van der Waals surface area contributed by atoms with Crippen LogP contribution in [-0.4, -0.2) is 19.6 Å². The highest BCUT2D eigenvalue weighted by Gasteiger charge is 2.38. The summed E-state index contributed by atoms with van der Waals surface area (Å²) in [7, 11) is 1.61. The number of furan rings is 1. The Morgan fingerprint density at radius 3 is 3.00 bits per heavy atom. The lowest BCUT2D eigenvalue weighted by atomic mass is 9.86. The molecule has 1 heterocycles. The summed E-state index contributed by atoms with van der Waals surface area (Å²) >= 11 is 0. The molecule has 0 spiro atoms. The van der Waals surface area contributed by atoms with Gasteiger partial charge in [-0.25, -0.2) is 0 Å². The number of fused-ring (bicyclic) bond motifs is 2. The van der Waals surface area contributed by atoms with Gasteiger partial charge in [0, 0.05) is 13.7 Å².